The predicted molar refractivity (Wildman–Crippen MR) is 61.1 cm³/mol. The molecule has 4 nitrogen and oxygen atoms in total. The van der Waals surface area contributed by atoms with Crippen LogP contribution in [0.2, 0.25) is 0 Å². The van der Waals surface area contributed by atoms with Gasteiger partial charge in [-0.3, -0.25) is 0 Å². The van der Waals surface area contributed by atoms with Gasteiger partial charge in [0.2, 0.25) is 5.88 Å². The lowest BCUT2D eigenvalue weighted by atomic mass is 10.2. The number of carboxylic acid groups (broad SMARTS) is 1. The molecule has 16 heavy (non-hydrogen) atoms. The van der Waals surface area contributed by atoms with E-state index in [4.69, 9.17) is 9.84 Å². The van der Waals surface area contributed by atoms with Crippen LogP contribution < -0.4 is 4.74 Å². The van der Waals surface area contributed by atoms with Gasteiger partial charge in [0.05, 0.1) is 12.7 Å². The Balaban J connectivity index is 2.38. The zero-order chi connectivity index (χ0) is 11.5. The summed E-state index contributed by atoms with van der Waals surface area (Å²) in [5, 5.41) is 10.4. The minimum Gasteiger partial charge on any atom is -0.481 e. The van der Waals surface area contributed by atoms with E-state index < -0.39 is 5.97 Å². The van der Waals surface area contributed by atoms with Crippen LogP contribution in [-0.2, 0) is 0 Å². The second kappa shape index (κ2) is 4.32. The van der Waals surface area contributed by atoms with Gasteiger partial charge in [-0.2, -0.15) is 0 Å². The SMILES string of the molecule is COc1cc(-c2cc(C(=O)O)cs2)ccn1. The Hall–Kier alpha value is -1.88. The number of aromatic nitrogens is 1. The molecule has 0 amide bonds. The molecule has 0 spiro atoms. The van der Waals surface area contributed by atoms with E-state index >= 15 is 0 Å². The largest absolute Gasteiger partial charge is 0.481 e. The van der Waals surface area contributed by atoms with Crippen LogP contribution in [0.4, 0.5) is 0 Å². The van der Waals surface area contributed by atoms with Crippen LogP contribution in [0.25, 0.3) is 10.4 Å². The monoisotopic (exact) mass is 235 g/mol. The van der Waals surface area contributed by atoms with Crippen molar-refractivity contribution in [3.8, 4) is 16.3 Å². The molecule has 2 aromatic rings. The average molecular weight is 235 g/mol. The van der Waals surface area contributed by atoms with Gasteiger partial charge in [-0.1, -0.05) is 0 Å². The molecule has 5 heteroatoms. The van der Waals surface area contributed by atoms with Crippen molar-refractivity contribution in [3.63, 3.8) is 0 Å². The third-order valence-electron chi connectivity index (χ3n) is 2.07. The lowest BCUT2D eigenvalue weighted by Crippen LogP contribution is -1.91. The predicted octanol–water partition coefficient (Wildman–Crippen LogP) is 2.52. The third-order valence-corrected chi connectivity index (χ3v) is 3.05. The fourth-order valence-electron chi connectivity index (χ4n) is 1.27. The number of ether oxygens (including phenoxy) is 1. The summed E-state index contributed by atoms with van der Waals surface area (Å²) >= 11 is 1.39. The van der Waals surface area contributed by atoms with Crippen LogP contribution >= 0.6 is 11.3 Å². The highest BCUT2D eigenvalue weighted by atomic mass is 32.1. The molecule has 0 unspecified atom stereocenters. The second-order valence-electron chi connectivity index (χ2n) is 3.09. The van der Waals surface area contributed by atoms with E-state index in [1.807, 2.05) is 6.07 Å². The van der Waals surface area contributed by atoms with Crippen LogP contribution in [0.15, 0.2) is 29.8 Å². The van der Waals surface area contributed by atoms with Gasteiger partial charge in [0.15, 0.2) is 0 Å². The number of nitrogens with zero attached hydrogens (tertiary/aromatic N) is 1. The number of methoxy groups -OCH3 is 1. The van der Waals surface area contributed by atoms with Crippen molar-refractivity contribution in [1.29, 1.82) is 0 Å². The molecule has 0 saturated carbocycles. The summed E-state index contributed by atoms with van der Waals surface area (Å²) < 4.78 is 5.01. The first kappa shape index (κ1) is 10.6. The zero-order valence-electron chi connectivity index (χ0n) is 8.51. The Morgan fingerprint density at radius 2 is 2.31 bits per heavy atom. The molecule has 0 atom stereocenters. The molecule has 2 heterocycles. The Labute approximate surface area is 96.1 Å². The van der Waals surface area contributed by atoms with Gasteiger partial charge in [0.1, 0.15) is 0 Å². The molecule has 0 radical (unpaired) electrons. The number of rotatable bonds is 3. The molecule has 82 valence electrons. The number of aromatic carboxylic acids is 1. The molecular formula is C11H9NO3S. The Morgan fingerprint density at radius 3 is 2.94 bits per heavy atom. The molecule has 0 aromatic carbocycles. The van der Waals surface area contributed by atoms with E-state index in [9.17, 15) is 4.79 Å². The molecule has 2 rings (SSSR count). The maximum absolute atomic E-state index is 10.7. The quantitative estimate of drug-likeness (QED) is 0.888. The average Bonchev–Trinajstić information content (AvgIpc) is 2.78. The summed E-state index contributed by atoms with van der Waals surface area (Å²) in [5.41, 5.74) is 1.21. The highest BCUT2D eigenvalue weighted by molar-refractivity contribution is 7.13. The van der Waals surface area contributed by atoms with Crippen molar-refractivity contribution >= 4 is 17.3 Å². The highest BCUT2D eigenvalue weighted by Crippen LogP contribution is 2.28. The molecule has 1 N–H and O–H groups in total. The van der Waals surface area contributed by atoms with Gasteiger partial charge in [0.25, 0.3) is 0 Å². The molecule has 0 saturated heterocycles. The lowest BCUT2D eigenvalue weighted by molar-refractivity contribution is 0.0697. The van der Waals surface area contributed by atoms with Crippen LogP contribution in [0.5, 0.6) is 5.88 Å². The second-order valence-corrected chi connectivity index (χ2v) is 4.00. The summed E-state index contributed by atoms with van der Waals surface area (Å²) in [6.45, 7) is 0. The molecule has 2 aromatic heterocycles. The van der Waals surface area contributed by atoms with Crippen molar-refractivity contribution in [2.24, 2.45) is 0 Å². The van der Waals surface area contributed by atoms with E-state index in [1.54, 1.807) is 30.8 Å². The Kier molecular flexibility index (Phi) is 2.87. The van der Waals surface area contributed by atoms with Crippen molar-refractivity contribution in [1.82, 2.24) is 4.98 Å². The van der Waals surface area contributed by atoms with E-state index in [1.165, 1.54) is 11.3 Å². The maximum atomic E-state index is 10.7. The van der Waals surface area contributed by atoms with Crippen molar-refractivity contribution < 1.29 is 14.6 Å². The van der Waals surface area contributed by atoms with Gasteiger partial charge < -0.3 is 9.84 Å². The topological polar surface area (TPSA) is 59.4 Å². The summed E-state index contributed by atoms with van der Waals surface area (Å²) in [5.74, 6) is -0.397. The number of carbonyl (C=O) groups is 1. The van der Waals surface area contributed by atoms with Gasteiger partial charge in [-0.05, 0) is 17.7 Å². The maximum Gasteiger partial charge on any atom is 0.336 e. The number of thiophene rings is 1. The summed E-state index contributed by atoms with van der Waals surface area (Å²) in [7, 11) is 1.54. The van der Waals surface area contributed by atoms with Crippen LogP contribution in [-0.4, -0.2) is 23.2 Å². The van der Waals surface area contributed by atoms with Gasteiger partial charge in [-0.15, -0.1) is 11.3 Å². The Bertz CT molecular complexity index is 521. The zero-order valence-corrected chi connectivity index (χ0v) is 9.32. The lowest BCUT2D eigenvalue weighted by Gasteiger charge is -2.00. The standard InChI is InChI=1S/C11H9NO3S/c1-15-10-5-7(2-3-12-10)9-4-8(6-16-9)11(13)14/h2-6H,1H3,(H,13,14). The van der Waals surface area contributed by atoms with E-state index in [0.29, 0.717) is 11.4 Å². The fraction of sp³-hybridized carbons (Fsp3) is 0.0909. The first-order valence-electron chi connectivity index (χ1n) is 4.53. The summed E-state index contributed by atoms with van der Waals surface area (Å²) in [4.78, 5) is 15.6. The molecule has 0 aliphatic carbocycles. The smallest absolute Gasteiger partial charge is 0.336 e. The van der Waals surface area contributed by atoms with Crippen LogP contribution in [0.3, 0.4) is 0 Å². The van der Waals surface area contributed by atoms with E-state index in [0.717, 1.165) is 10.4 Å². The van der Waals surface area contributed by atoms with E-state index in [2.05, 4.69) is 4.98 Å². The molecule has 0 bridgehead atoms. The van der Waals surface area contributed by atoms with Gasteiger partial charge >= 0.3 is 5.97 Å². The van der Waals surface area contributed by atoms with E-state index in [-0.39, 0.29) is 0 Å². The Morgan fingerprint density at radius 1 is 1.50 bits per heavy atom. The van der Waals surface area contributed by atoms with Crippen LogP contribution in [0.1, 0.15) is 10.4 Å². The van der Waals surface area contributed by atoms with Crippen molar-refractivity contribution in [3.05, 3.63) is 35.3 Å². The first-order chi connectivity index (χ1) is 7.70. The van der Waals surface area contributed by atoms with Crippen LogP contribution in [0, 0.1) is 0 Å². The number of carboxylic acids is 1. The third kappa shape index (κ3) is 2.04. The minimum atomic E-state index is -0.913. The fourth-order valence-corrected chi connectivity index (χ4v) is 2.15. The normalized spacial score (nSPS) is 10.1. The molecule has 0 aliphatic heterocycles. The number of hydrogen-bond acceptors (Lipinski definition) is 4. The molecular weight excluding hydrogens is 226 g/mol. The number of hydrogen-bond donors (Lipinski definition) is 1. The molecule has 0 aliphatic rings. The van der Waals surface area contributed by atoms with Crippen molar-refractivity contribution in [2.45, 2.75) is 0 Å². The first-order valence-corrected chi connectivity index (χ1v) is 5.41. The van der Waals surface area contributed by atoms with Gasteiger partial charge in [0, 0.05) is 22.5 Å². The highest BCUT2D eigenvalue weighted by Gasteiger charge is 2.08. The van der Waals surface area contributed by atoms with Gasteiger partial charge in [-0.25, -0.2) is 9.78 Å². The number of pyridine rings is 1. The summed E-state index contributed by atoms with van der Waals surface area (Å²) in [6.07, 6.45) is 1.63. The minimum absolute atomic E-state index is 0.302. The summed E-state index contributed by atoms with van der Waals surface area (Å²) in [6, 6.07) is 5.24. The van der Waals surface area contributed by atoms with Crippen molar-refractivity contribution in [2.75, 3.05) is 7.11 Å². The molecule has 0 fully saturated rings.